The van der Waals surface area contributed by atoms with Crippen molar-refractivity contribution in [1.82, 2.24) is 0 Å². The standard InChI is InChI=1S/C20H18O3/c1-22-20-9-7-15(12-21)10-19(20)14-23-13-16-6-8-17-4-2-3-5-18(17)11-16/h2-12H,13-14H2,1H3. The highest BCUT2D eigenvalue weighted by Crippen LogP contribution is 2.21. The first-order chi connectivity index (χ1) is 11.3. The van der Waals surface area contributed by atoms with Gasteiger partial charge >= 0.3 is 0 Å². The molecule has 0 bridgehead atoms. The molecular formula is C20H18O3. The van der Waals surface area contributed by atoms with Gasteiger partial charge in [0.25, 0.3) is 0 Å². The normalized spacial score (nSPS) is 10.7. The summed E-state index contributed by atoms with van der Waals surface area (Å²) in [7, 11) is 1.61. The van der Waals surface area contributed by atoms with Gasteiger partial charge in [0.15, 0.2) is 0 Å². The molecule has 116 valence electrons. The Morgan fingerprint density at radius 1 is 0.913 bits per heavy atom. The van der Waals surface area contributed by atoms with Crippen molar-refractivity contribution in [3.05, 3.63) is 77.4 Å². The van der Waals surface area contributed by atoms with Gasteiger partial charge in [-0.25, -0.2) is 0 Å². The van der Waals surface area contributed by atoms with E-state index >= 15 is 0 Å². The number of carbonyl (C=O) groups is 1. The Labute approximate surface area is 135 Å². The molecule has 3 rings (SSSR count). The van der Waals surface area contributed by atoms with E-state index in [2.05, 4.69) is 30.3 Å². The quantitative estimate of drug-likeness (QED) is 0.634. The Hall–Kier alpha value is -2.65. The third kappa shape index (κ3) is 3.58. The molecule has 0 heterocycles. The lowest BCUT2D eigenvalue weighted by atomic mass is 10.1. The summed E-state index contributed by atoms with van der Waals surface area (Å²) in [6, 6.07) is 19.9. The maximum atomic E-state index is 10.9. The summed E-state index contributed by atoms with van der Waals surface area (Å²) < 4.78 is 11.1. The molecular weight excluding hydrogens is 288 g/mol. The SMILES string of the molecule is COc1ccc(C=O)cc1COCc1ccc2ccccc2c1. The number of fused-ring (bicyclic) bond motifs is 1. The molecule has 23 heavy (non-hydrogen) atoms. The second-order valence-electron chi connectivity index (χ2n) is 5.36. The molecule has 0 saturated carbocycles. The average molecular weight is 306 g/mol. The number of ether oxygens (including phenoxy) is 2. The van der Waals surface area contributed by atoms with Crippen molar-refractivity contribution in [2.75, 3.05) is 7.11 Å². The number of aldehydes is 1. The molecule has 0 unspecified atom stereocenters. The minimum Gasteiger partial charge on any atom is -0.496 e. The van der Waals surface area contributed by atoms with Crippen molar-refractivity contribution in [3.63, 3.8) is 0 Å². The maximum Gasteiger partial charge on any atom is 0.150 e. The lowest BCUT2D eigenvalue weighted by Crippen LogP contribution is -1.98. The summed E-state index contributed by atoms with van der Waals surface area (Å²) in [6.07, 6.45) is 0.826. The number of methoxy groups -OCH3 is 1. The van der Waals surface area contributed by atoms with Gasteiger partial charge in [-0.2, -0.15) is 0 Å². The van der Waals surface area contributed by atoms with Crippen LogP contribution < -0.4 is 4.74 Å². The third-order valence-electron chi connectivity index (χ3n) is 3.78. The number of hydrogen-bond donors (Lipinski definition) is 0. The van der Waals surface area contributed by atoms with E-state index in [-0.39, 0.29) is 0 Å². The van der Waals surface area contributed by atoms with Gasteiger partial charge in [0.05, 0.1) is 20.3 Å². The smallest absolute Gasteiger partial charge is 0.150 e. The molecule has 3 nitrogen and oxygen atoms in total. The lowest BCUT2D eigenvalue weighted by molar-refractivity contribution is 0.105. The van der Waals surface area contributed by atoms with Crippen LogP contribution in [0.2, 0.25) is 0 Å². The Morgan fingerprint density at radius 2 is 1.74 bits per heavy atom. The van der Waals surface area contributed by atoms with Crippen molar-refractivity contribution in [2.45, 2.75) is 13.2 Å². The van der Waals surface area contributed by atoms with E-state index in [1.807, 2.05) is 12.1 Å². The van der Waals surface area contributed by atoms with E-state index in [1.54, 1.807) is 25.3 Å². The van der Waals surface area contributed by atoms with Crippen molar-refractivity contribution in [3.8, 4) is 5.75 Å². The average Bonchev–Trinajstić information content (AvgIpc) is 2.61. The minimum absolute atomic E-state index is 0.400. The molecule has 0 N–H and O–H groups in total. The van der Waals surface area contributed by atoms with Gasteiger partial charge in [-0.3, -0.25) is 4.79 Å². The highest BCUT2D eigenvalue weighted by molar-refractivity contribution is 5.82. The van der Waals surface area contributed by atoms with Crippen LogP contribution in [-0.2, 0) is 18.0 Å². The fourth-order valence-corrected chi connectivity index (χ4v) is 2.59. The molecule has 0 aliphatic rings. The van der Waals surface area contributed by atoms with Gasteiger partial charge in [-0.15, -0.1) is 0 Å². The molecule has 0 aromatic heterocycles. The zero-order valence-electron chi connectivity index (χ0n) is 13.0. The van der Waals surface area contributed by atoms with Crippen LogP contribution in [0.4, 0.5) is 0 Å². The molecule has 0 saturated heterocycles. The van der Waals surface area contributed by atoms with Crippen molar-refractivity contribution in [1.29, 1.82) is 0 Å². The van der Waals surface area contributed by atoms with E-state index in [0.717, 1.165) is 23.2 Å². The summed E-state index contributed by atoms with van der Waals surface area (Å²) in [6.45, 7) is 0.914. The number of rotatable bonds is 6. The Balaban J connectivity index is 1.69. The first-order valence-corrected chi connectivity index (χ1v) is 7.47. The van der Waals surface area contributed by atoms with E-state index in [0.29, 0.717) is 18.8 Å². The van der Waals surface area contributed by atoms with Gasteiger partial charge < -0.3 is 9.47 Å². The largest absolute Gasteiger partial charge is 0.496 e. The van der Waals surface area contributed by atoms with E-state index in [1.165, 1.54) is 10.8 Å². The van der Waals surface area contributed by atoms with Crippen molar-refractivity contribution in [2.24, 2.45) is 0 Å². The fourth-order valence-electron chi connectivity index (χ4n) is 2.59. The van der Waals surface area contributed by atoms with Gasteiger partial charge in [0, 0.05) is 11.1 Å². The monoisotopic (exact) mass is 306 g/mol. The summed E-state index contributed by atoms with van der Waals surface area (Å²) in [5, 5.41) is 2.42. The lowest BCUT2D eigenvalue weighted by Gasteiger charge is -2.10. The summed E-state index contributed by atoms with van der Waals surface area (Å²) in [5.74, 6) is 0.731. The van der Waals surface area contributed by atoms with Crippen LogP contribution in [0, 0.1) is 0 Å². The van der Waals surface area contributed by atoms with Crippen LogP contribution >= 0.6 is 0 Å². The second-order valence-corrected chi connectivity index (χ2v) is 5.36. The topological polar surface area (TPSA) is 35.5 Å². The van der Waals surface area contributed by atoms with Crippen LogP contribution in [-0.4, -0.2) is 13.4 Å². The summed E-state index contributed by atoms with van der Waals surface area (Å²) >= 11 is 0. The maximum absolute atomic E-state index is 10.9. The molecule has 0 fully saturated rings. The molecule has 0 aliphatic heterocycles. The van der Waals surface area contributed by atoms with E-state index < -0.39 is 0 Å². The van der Waals surface area contributed by atoms with Gasteiger partial charge in [-0.05, 0) is 40.6 Å². The Kier molecular flexibility index (Phi) is 4.69. The van der Waals surface area contributed by atoms with E-state index in [4.69, 9.17) is 9.47 Å². The van der Waals surface area contributed by atoms with Crippen LogP contribution in [0.1, 0.15) is 21.5 Å². The molecule has 3 aromatic carbocycles. The minimum atomic E-state index is 0.400. The van der Waals surface area contributed by atoms with Gasteiger partial charge in [0.1, 0.15) is 12.0 Å². The van der Waals surface area contributed by atoms with Crippen LogP contribution in [0.5, 0.6) is 5.75 Å². The van der Waals surface area contributed by atoms with Crippen LogP contribution in [0.25, 0.3) is 10.8 Å². The zero-order chi connectivity index (χ0) is 16.1. The molecule has 0 radical (unpaired) electrons. The number of carbonyl (C=O) groups excluding carboxylic acids is 1. The molecule has 0 aliphatic carbocycles. The first kappa shape index (κ1) is 15.3. The number of benzene rings is 3. The number of hydrogen-bond acceptors (Lipinski definition) is 3. The zero-order valence-corrected chi connectivity index (χ0v) is 13.0. The predicted octanol–water partition coefficient (Wildman–Crippen LogP) is 4.38. The fraction of sp³-hybridized carbons (Fsp3) is 0.150. The summed E-state index contributed by atoms with van der Waals surface area (Å²) in [4.78, 5) is 10.9. The van der Waals surface area contributed by atoms with Crippen LogP contribution in [0.15, 0.2) is 60.7 Å². The molecule has 3 aromatic rings. The second kappa shape index (κ2) is 7.07. The van der Waals surface area contributed by atoms with Crippen molar-refractivity contribution < 1.29 is 14.3 Å². The molecule has 0 amide bonds. The van der Waals surface area contributed by atoms with Gasteiger partial charge in [0.2, 0.25) is 0 Å². The predicted molar refractivity (Wildman–Crippen MR) is 90.8 cm³/mol. The molecule has 0 atom stereocenters. The van der Waals surface area contributed by atoms with Crippen molar-refractivity contribution >= 4 is 17.1 Å². The highest BCUT2D eigenvalue weighted by Gasteiger charge is 2.05. The molecule has 0 spiro atoms. The Bertz CT molecular complexity index is 824. The summed E-state index contributed by atoms with van der Waals surface area (Å²) in [5.41, 5.74) is 2.61. The molecule has 3 heteroatoms. The first-order valence-electron chi connectivity index (χ1n) is 7.47. The van der Waals surface area contributed by atoms with Gasteiger partial charge in [-0.1, -0.05) is 36.4 Å². The third-order valence-corrected chi connectivity index (χ3v) is 3.78. The van der Waals surface area contributed by atoms with Crippen LogP contribution in [0.3, 0.4) is 0 Å². The Morgan fingerprint density at radius 3 is 2.52 bits per heavy atom. The van der Waals surface area contributed by atoms with E-state index in [9.17, 15) is 4.79 Å². The highest BCUT2D eigenvalue weighted by atomic mass is 16.5.